The average molecular weight is 299 g/mol. The number of hydrogen-bond donors (Lipinski definition) is 0. The second kappa shape index (κ2) is 7.54. The van der Waals surface area contributed by atoms with Crippen molar-refractivity contribution in [3.05, 3.63) is 58.8 Å². The number of para-hydroxylation sites is 1. The van der Waals surface area contributed by atoms with Gasteiger partial charge in [0.2, 0.25) is 5.91 Å². The Hall–Kier alpha value is -2.43. The van der Waals surface area contributed by atoms with Gasteiger partial charge < -0.3 is 4.90 Å². The highest BCUT2D eigenvalue weighted by Crippen LogP contribution is 2.11. The van der Waals surface area contributed by atoms with Gasteiger partial charge in [0.05, 0.1) is 6.33 Å². The minimum Gasteiger partial charge on any atom is -0.314 e. The molecule has 1 aromatic heterocycles. The number of nitrogens with zero attached hydrogens (tertiary/aromatic N) is 3. The van der Waals surface area contributed by atoms with Crippen LogP contribution in [0, 0.1) is 0 Å². The number of amides is 1. The maximum Gasteiger partial charge on any atom is 0.253 e. The van der Waals surface area contributed by atoms with Gasteiger partial charge in [-0.15, -0.1) is 0 Å². The van der Waals surface area contributed by atoms with Crippen LogP contribution in [0.1, 0.15) is 25.5 Å². The monoisotopic (exact) mass is 299 g/mol. The summed E-state index contributed by atoms with van der Waals surface area (Å²) in [6.45, 7) is 2.09. The van der Waals surface area contributed by atoms with Crippen LogP contribution in [-0.2, 0) is 17.8 Å². The maximum absolute atomic E-state index is 12.3. The summed E-state index contributed by atoms with van der Waals surface area (Å²) >= 11 is 0. The van der Waals surface area contributed by atoms with E-state index in [0.29, 0.717) is 0 Å². The zero-order chi connectivity index (χ0) is 15.9. The van der Waals surface area contributed by atoms with Crippen LogP contribution in [0.5, 0.6) is 0 Å². The van der Waals surface area contributed by atoms with E-state index < -0.39 is 0 Å². The number of hydrogen-bond acceptors (Lipinski definition) is 3. The Morgan fingerprint density at radius 2 is 2.00 bits per heavy atom. The molecular weight excluding hydrogens is 278 g/mol. The first kappa shape index (κ1) is 15.9. The van der Waals surface area contributed by atoms with Gasteiger partial charge >= 0.3 is 0 Å². The molecule has 2 aromatic rings. The van der Waals surface area contributed by atoms with Crippen molar-refractivity contribution in [1.82, 2.24) is 9.55 Å². The van der Waals surface area contributed by atoms with Crippen LogP contribution in [0.2, 0.25) is 0 Å². The number of carbonyl (C=O) groups is 1. The van der Waals surface area contributed by atoms with Crippen LogP contribution in [-0.4, -0.2) is 22.5 Å². The predicted octanol–water partition coefficient (Wildman–Crippen LogP) is 2.25. The van der Waals surface area contributed by atoms with Gasteiger partial charge in [-0.2, -0.15) is 0 Å². The lowest BCUT2D eigenvalue weighted by atomic mass is 10.2. The van der Waals surface area contributed by atoms with Crippen LogP contribution in [0.3, 0.4) is 0 Å². The Morgan fingerprint density at radius 1 is 1.27 bits per heavy atom. The van der Waals surface area contributed by atoms with Crippen LogP contribution in [0.25, 0.3) is 0 Å². The smallest absolute Gasteiger partial charge is 0.253 e. The topological polar surface area (TPSA) is 55.2 Å². The predicted molar refractivity (Wildman–Crippen MR) is 87.0 cm³/mol. The average Bonchev–Trinajstić information content (AvgIpc) is 2.55. The van der Waals surface area contributed by atoms with Crippen LogP contribution in [0.4, 0.5) is 5.69 Å². The lowest BCUT2D eigenvalue weighted by Gasteiger charge is -2.17. The molecule has 0 aliphatic rings. The summed E-state index contributed by atoms with van der Waals surface area (Å²) in [5.41, 5.74) is 1.40. The number of likely N-dealkylation sites (N-methyl/N-ethyl adjacent to an activating group) is 1. The maximum atomic E-state index is 12.3. The van der Waals surface area contributed by atoms with E-state index in [2.05, 4.69) is 11.9 Å². The van der Waals surface area contributed by atoms with Gasteiger partial charge in [0.15, 0.2) is 0 Å². The van der Waals surface area contributed by atoms with Crippen LogP contribution in [0.15, 0.2) is 47.5 Å². The minimum atomic E-state index is -0.184. The fourth-order valence-corrected chi connectivity index (χ4v) is 2.12. The van der Waals surface area contributed by atoms with Gasteiger partial charge in [0, 0.05) is 24.5 Å². The summed E-state index contributed by atoms with van der Waals surface area (Å²) in [6.07, 6.45) is 4.33. The zero-order valence-corrected chi connectivity index (χ0v) is 13.0. The third-order valence-corrected chi connectivity index (χ3v) is 3.55. The molecule has 5 heteroatoms. The van der Waals surface area contributed by atoms with Gasteiger partial charge in [-0.05, 0) is 25.0 Å². The number of aromatic nitrogens is 2. The van der Waals surface area contributed by atoms with Crippen molar-refractivity contribution >= 4 is 11.6 Å². The van der Waals surface area contributed by atoms with Crippen molar-refractivity contribution in [3.8, 4) is 0 Å². The molecule has 0 radical (unpaired) electrons. The van der Waals surface area contributed by atoms with Gasteiger partial charge in [-0.1, -0.05) is 31.5 Å². The summed E-state index contributed by atoms with van der Waals surface area (Å²) in [5, 5.41) is 0. The van der Waals surface area contributed by atoms with E-state index in [1.54, 1.807) is 7.05 Å². The van der Waals surface area contributed by atoms with Gasteiger partial charge in [0.25, 0.3) is 5.56 Å². The summed E-state index contributed by atoms with van der Waals surface area (Å²) in [6, 6.07) is 10.9. The third-order valence-electron chi connectivity index (χ3n) is 3.55. The molecule has 2 rings (SSSR count). The molecule has 0 bridgehead atoms. The Bertz CT molecular complexity index is 680. The van der Waals surface area contributed by atoms with E-state index in [0.717, 1.165) is 30.6 Å². The van der Waals surface area contributed by atoms with E-state index in [1.807, 2.05) is 30.3 Å². The molecule has 0 fully saturated rings. The molecule has 5 nitrogen and oxygen atoms in total. The van der Waals surface area contributed by atoms with Crippen molar-refractivity contribution in [1.29, 1.82) is 0 Å². The SMILES string of the molecule is CCCCc1cc(=O)n(CC(=O)N(C)c2ccccc2)cn1. The highest BCUT2D eigenvalue weighted by atomic mass is 16.2. The quantitative estimate of drug-likeness (QED) is 0.822. The molecule has 0 spiro atoms. The van der Waals surface area contributed by atoms with Crippen molar-refractivity contribution in [2.75, 3.05) is 11.9 Å². The number of aryl methyl sites for hydroxylation is 1. The summed E-state index contributed by atoms with van der Waals surface area (Å²) in [7, 11) is 1.70. The van der Waals surface area contributed by atoms with Crippen molar-refractivity contribution in [2.45, 2.75) is 32.7 Å². The molecule has 0 atom stereocenters. The van der Waals surface area contributed by atoms with Crippen molar-refractivity contribution in [3.63, 3.8) is 0 Å². The first-order chi connectivity index (χ1) is 10.6. The van der Waals surface area contributed by atoms with Crippen LogP contribution >= 0.6 is 0 Å². The molecule has 0 aliphatic heterocycles. The lowest BCUT2D eigenvalue weighted by molar-refractivity contribution is -0.118. The highest BCUT2D eigenvalue weighted by Gasteiger charge is 2.12. The Kier molecular flexibility index (Phi) is 5.47. The number of anilines is 1. The van der Waals surface area contributed by atoms with E-state index in [-0.39, 0.29) is 18.0 Å². The number of benzene rings is 1. The summed E-state index contributed by atoms with van der Waals surface area (Å²) < 4.78 is 1.34. The third kappa shape index (κ3) is 4.04. The molecule has 1 aromatic carbocycles. The molecule has 22 heavy (non-hydrogen) atoms. The molecule has 116 valence electrons. The normalized spacial score (nSPS) is 10.5. The molecular formula is C17H21N3O2. The molecule has 0 N–H and O–H groups in total. The van der Waals surface area contributed by atoms with Gasteiger partial charge in [0.1, 0.15) is 6.54 Å². The number of unbranched alkanes of at least 4 members (excludes halogenated alkanes) is 1. The number of rotatable bonds is 6. The Balaban J connectivity index is 2.07. The second-order valence-corrected chi connectivity index (χ2v) is 5.24. The minimum absolute atomic E-state index is 0.00865. The summed E-state index contributed by atoms with van der Waals surface area (Å²) in [4.78, 5) is 30.1. The first-order valence-electron chi connectivity index (χ1n) is 7.48. The van der Waals surface area contributed by atoms with E-state index in [4.69, 9.17) is 0 Å². The zero-order valence-electron chi connectivity index (χ0n) is 13.0. The van der Waals surface area contributed by atoms with Gasteiger partial charge in [-0.25, -0.2) is 4.98 Å². The number of carbonyl (C=O) groups excluding carboxylic acids is 1. The van der Waals surface area contributed by atoms with E-state index in [9.17, 15) is 9.59 Å². The lowest BCUT2D eigenvalue weighted by Crippen LogP contribution is -2.34. The fourth-order valence-electron chi connectivity index (χ4n) is 2.12. The van der Waals surface area contributed by atoms with Crippen LogP contribution < -0.4 is 10.5 Å². The molecule has 1 heterocycles. The molecule has 0 aliphatic carbocycles. The fraction of sp³-hybridized carbons (Fsp3) is 0.353. The molecule has 0 saturated carbocycles. The largest absolute Gasteiger partial charge is 0.314 e. The van der Waals surface area contributed by atoms with E-state index in [1.165, 1.54) is 21.9 Å². The highest BCUT2D eigenvalue weighted by molar-refractivity contribution is 5.92. The first-order valence-corrected chi connectivity index (χ1v) is 7.48. The van der Waals surface area contributed by atoms with Gasteiger partial charge in [-0.3, -0.25) is 14.2 Å². The molecule has 0 saturated heterocycles. The standard InChI is InChI=1S/C17H21N3O2/c1-3-4-8-14-11-16(21)20(13-18-14)12-17(22)19(2)15-9-6-5-7-10-15/h5-7,9-11,13H,3-4,8,12H2,1-2H3. The Morgan fingerprint density at radius 3 is 2.64 bits per heavy atom. The second-order valence-electron chi connectivity index (χ2n) is 5.24. The molecule has 0 unspecified atom stereocenters. The van der Waals surface area contributed by atoms with Crippen molar-refractivity contribution in [2.24, 2.45) is 0 Å². The van der Waals surface area contributed by atoms with Crippen molar-refractivity contribution < 1.29 is 4.79 Å². The molecule has 1 amide bonds. The van der Waals surface area contributed by atoms with E-state index >= 15 is 0 Å². The summed E-state index contributed by atoms with van der Waals surface area (Å²) in [5.74, 6) is -0.156. The Labute approximate surface area is 130 Å².